The van der Waals surface area contributed by atoms with Crippen molar-refractivity contribution in [2.45, 2.75) is 14.7 Å². The van der Waals surface area contributed by atoms with Gasteiger partial charge in [0, 0.05) is 61.4 Å². The van der Waals surface area contributed by atoms with Crippen LogP contribution in [-0.4, -0.2) is 18.5 Å². The van der Waals surface area contributed by atoms with Gasteiger partial charge in [-0.25, -0.2) is 0 Å². The fourth-order valence-corrected chi connectivity index (χ4v) is 10.7. The Labute approximate surface area is 251 Å². The first kappa shape index (κ1) is 24.2. The molecule has 0 saturated carbocycles. The molecule has 8 aromatic rings. The van der Waals surface area contributed by atoms with Crippen molar-refractivity contribution in [3.05, 3.63) is 158 Å². The molecule has 1 aliphatic heterocycles. The molecule has 0 radical (unpaired) electrons. The molecule has 4 nitrogen and oxygen atoms in total. The molecule has 4 aromatic heterocycles. The van der Waals surface area contributed by atoms with Crippen LogP contribution in [0.25, 0.3) is 50.0 Å². The van der Waals surface area contributed by atoms with Gasteiger partial charge in [-0.2, -0.15) is 0 Å². The van der Waals surface area contributed by atoms with Crippen molar-refractivity contribution in [3.8, 4) is 28.2 Å². The summed E-state index contributed by atoms with van der Waals surface area (Å²) in [5.74, 6) is 0. The van der Waals surface area contributed by atoms with Gasteiger partial charge in [0.25, 0.3) is 0 Å². The van der Waals surface area contributed by atoms with E-state index in [0.29, 0.717) is 0 Å². The molecule has 0 amide bonds. The number of benzene rings is 4. The molecule has 0 spiro atoms. The van der Waals surface area contributed by atoms with Gasteiger partial charge >= 0.3 is 0 Å². The van der Waals surface area contributed by atoms with Gasteiger partial charge in [-0.3, -0.25) is 13.9 Å². The van der Waals surface area contributed by atoms with Crippen molar-refractivity contribution < 1.29 is 0 Å². The Morgan fingerprint density at radius 3 is 1.60 bits per heavy atom. The smallest absolute Gasteiger partial charge is 0.0838 e. The minimum absolute atomic E-state index is 0.969. The van der Waals surface area contributed by atoms with E-state index in [1.165, 1.54) is 42.2 Å². The second-order valence-electron chi connectivity index (χ2n) is 10.7. The quantitative estimate of drug-likeness (QED) is 0.211. The van der Waals surface area contributed by atoms with E-state index in [1.54, 1.807) is 0 Å². The standard InChI is InChI=1S/C38H26N4S/c1-3-13-27(14-4-1)43(28-15-5-2-6-16-28)36-20-8-7-19-35(36)41-25-31(33-17-9-11-23-39-33)29-21-22-30-32(34-18-10-12-24-40-34)26-42(43)38(30)37(29)41/h1-26H. The van der Waals surface area contributed by atoms with Gasteiger partial charge in [-0.15, -0.1) is 0 Å². The van der Waals surface area contributed by atoms with Crippen molar-refractivity contribution in [2.24, 2.45) is 0 Å². The lowest BCUT2D eigenvalue weighted by Crippen LogP contribution is -2.13. The monoisotopic (exact) mass is 570 g/mol. The summed E-state index contributed by atoms with van der Waals surface area (Å²) in [6.45, 7) is 0. The SMILES string of the molecule is c1ccc(S2(c3ccccc3)c3ccccc3-n3cc(-c4ccccn4)c4ccc5c(-c6ccccn6)cn2c5c43)cc1. The zero-order valence-electron chi connectivity index (χ0n) is 23.2. The summed E-state index contributed by atoms with van der Waals surface area (Å²) >= 11 is 0. The largest absolute Gasteiger partial charge is 0.313 e. The highest BCUT2D eigenvalue weighted by Gasteiger charge is 2.40. The van der Waals surface area contributed by atoms with Crippen molar-refractivity contribution in [1.29, 1.82) is 0 Å². The molecule has 5 heteroatoms. The van der Waals surface area contributed by atoms with Crippen LogP contribution in [0.5, 0.6) is 0 Å². The second kappa shape index (κ2) is 9.31. The molecule has 0 atom stereocenters. The number of rotatable bonds is 4. The summed E-state index contributed by atoms with van der Waals surface area (Å²) in [6, 6.07) is 47.9. The van der Waals surface area contributed by atoms with Crippen molar-refractivity contribution in [1.82, 2.24) is 18.5 Å². The van der Waals surface area contributed by atoms with Crippen LogP contribution in [0.1, 0.15) is 0 Å². The molecule has 0 fully saturated rings. The molecule has 0 unspecified atom stereocenters. The second-order valence-corrected chi connectivity index (χ2v) is 13.7. The molecule has 4 aromatic carbocycles. The van der Waals surface area contributed by atoms with Crippen LogP contribution in [0, 0.1) is 0 Å². The molecule has 204 valence electrons. The summed E-state index contributed by atoms with van der Waals surface area (Å²) in [7, 11) is -2.00. The third kappa shape index (κ3) is 3.34. The zero-order valence-corrected chi connectivity index (χ0v) is 24.0. The predicted octanol–water partition coefficient (Wildman–Crippen LogP) is 9.77. The first-order valence-electron chi connectivity index (χ1n) is 14.4. The van der Waals surface area contributed by atoms with Crippen molar-refractivity contribution in [2.75, 3.05) is 0 Å². The molecular formula is C38H26N4S. The number of hydrogen-bond acceptors (Lipinski definition) is 2. The average molecular weight is 571 g/mol. The fourth-order valence-electron chi connectivity index (χ4n) is 6.72. The van der Waals surface area contributed by atoms with Crippen LogP contribution in [0.15, 0.2) is 173 Å². The number of fused-ring (bicyclic) bond motifs is 2. The van der Waals surface area contributed by atoms with Gasteiger partial charge in [-0.1, -0.05) is 83.0 Å². The van der Waals surface area contributed by atoms with E-state index in [2.05, 4.69) is 142 Å². The van der Waals surface area contributed by atoms with Crippen LogP contribution in [0.3, 0.4) is 0 Å². The van der Waals surface area contributed by atoms with Crippen LogP contribution in [0.4, 0.5) is 0 Å². The molecule has 0 saturated heterocycles. The van der Waals surface area contributed by atoms with Crippen LogP contribution in [0.2, 0.25) is 0 Å². The summed E-state index contributed by atoms with van der Waals surface area (Å²) in [4.78, 5) is 13.5. The van der Waals surface area contributed by atoms with Crippen molar-refractivity contribution in [3.63, 3.8) is 0 Å². The molecule has 0 aliphatic carbocycles. The van der Waals surface area contributed by atoms with E-state index in [-0.39, 0.29) is 0 Å². The normalized spacial score (nSPS) is 14.0. The van der Waals surface area contributed by atoms with Gasteiger partial charge in [0.2, 0.25) is 0 Å². The lowest BCUT2D eigenvalue weighted by molar-refractivity contribution is 1.08. The summed E-state index contributed by atoms with van der Waals surface area (Å²) in [5.41, 5.74) is 7.78. The van der Waals surface area contributed by atoms with Crippen LogP contribution in [-0.2, 0) is 0 Å². The number of hydrogen-bond donors (Lipinski definition) is 0. The summed E-state index contributed by atoms with van der Waals surface area (Å²) in [6.07, 6.45) is 8.41. The average Bonchev–Trinajstić information content (AvgIpc) is 3.64. The van der Waals surface area contributed by atoms with Gasteiger partial charge in [0.15, 0.2) is 0 Å². The Balaban J connectivity index is 1.55. The van der Waals surface area contributed by atoms with E-state index in [9.17, 15) is 0 Å². The van der Waals surface area contributed by atoms with Crippen LogP contribution >= 0.6 is 10.2 Å². The highest BCUT2D eigenvalue weighted by molar-refractivity contribution is 8.32. The Morgan fingerprint density at radius 2 is 1.00 bits per heavy atom. The van der Waals surface area contributed by atoms with Gasteiger partial charge < -0.3 is 4.57 Å². The first-order valence-corrected chi connectivity index (χ1v) is 16.0. The molecule has 1 aliphatic rings. The third-order valence-electron chi connectivity index (χ3n) is 8.49. The molecule has 0 N–H and O–H groups in total. The number of nitrogens with zero attached hydrogens (tertiary/aromatic N) is 4. The Hall–Kier alpha value is -5.39. The first-order chi connectivity index (χ1) is 21.4. The minimum Gasteiger partial charge on any atom is -0.313 e. The lowest BCUT2D eigenvalue weighted by Gasteiger charge is -2.43. The maximum absolute atomic E-state index is 4.84. The van der Waals surface area contributed by atoms with Gasteiger partial charge in [0.05, 0.1) is 28.1 Å². The van der Waals surface area contributed by atoms with E-state index in [4.69, 9.17) is 9.97 Å². The highest BCUT2D eigenvalue weighted by atomic mass is 32.3. The van der Waals surface area contributed by atoms with Gasteiger partial charge in [-0.05, 0) is 60.7 Å². The van der Waals surface area contributed by atoms with Crippen LogP contribution < -0.4 is 0 Å². The number of para-hydroxylation sites is 1. The topological polar surface area (TPSA) is 35.6 Å². The van der Waals surface area contributed by atoms with Gasteiger partial charge in [0.1, 0.15) is 0 Å². The predicted molar refractivity (Wildman–Crippen MR) is 176 cm³/mol. The number of aromatic nitrogens is 4. The Morgan fingerprint density at radius 1 is 0.465 bits per heavy atom. The third-order valence-corrected chi connectivity index (χ3v) is 12.3. The molecule has 0 bridgehead atoms. The number of pyridine rings is 2. The minimum atomic E-state index is -2.00. The highest BCUT2D eigenvalue weighted by Crippen LogP contribution is 2.72. The molecule has 9 rings (SSSR count). The van der Waals surface area contributed by atoms with E-state index in [1.807, 2.05) is 24.5 Å². The fraction of sp³-hybridized carbons (Fsp3) is 0. The van der Waals surface area contributed by atoms with E-state index < -0.39 is 10.2 Å². The summed E-state index contributed by atoms with van der Waals surface area (Å²) in [5, 5.41) is 2.37. The molecule has 43 heavy (non-hydrogen) atoms. The zero-order chi connectivity index (χ0) is 28.4. The lowest BCUT2D eigenvalue weighted by atomic mass is 10.0. The summed E-state index contributed by atoms with van der Waals surface area (Å²) < 4.78 is 5.01. The maximum atomic E-state index is 4.84. The Bertz CT molecular complexity index is 2230. The van der Waals surface area contributed by atoms with Crippen molar-refractivity contribution >= 4 is 32.0 Å². The molecule has 5 heterocycles. The Kier molecular flexibility index (Phi) is 5.25. The van der Waals surface area contributed by atoms with E-state index in [0.717, 1.165) is 22.5 Å². The van der Waals surface area contributed by atoms with E-state index >= 15 is 0 Å². The maximum Gasteiger partial charge on any atom is 0.0838 e. The molecular weight excluding hydrogens is 545 g/mol.